The Morgan fingerprint density at radius 1 is 1.00 bits per heavy atom. The van der Waals surface area contributed by atoms with Gasteiger partial charge in [-0.25, -0.2) is 0 Å². The Morgan fingerprint density at radius 2 is 1.66 bits per heavy atom. The lowest BCUT2D eigenvalue weighted by Crippen LogP contribution is -2.40. The summed E-state index contributed by atoms with van der Waals surface area (Å²) in [5, 5.41) is 3.38. The molecule has 0 bridgehead atoms. The van der Waals surface area contributed by atoms with Crippen LogP contribution in [0, 0.1) is 11.8 Å². The Balaban J connectivity index is 1.40. The Hall–Kier alpha value is -2.17. The van der Waals surface area contributed by atoms with Crippen molar-refractivity contribution in [2.45, 2.75) is 37.6 Å². The molecule has 3 atom stereocenters. The van der Waals surface area contributed by atoms with Crippen molar-refractivity contribution in [1.29, 1.82) is 0 Å². The third kappa shape index (κ3) is 4.88. The van der Waals surface area contributed by atoms with E-state index in [0.29, 0.717) is 30.8 Å². The van der Waals surface area contributed by atoms with Gasteiger partial charge in [0.25, 0.3) is 0 Å². The Morgan fingerprint density at radius 3 is 2.31 bits per heavy atom. The quantitative estimate of drug-likeness (QED) is 0.756. The predicted octanol–water partition coefficient (Wildman–Crippen LogP) is 3.71. The number of hydrogen-bond acceptors (Lipinski definition) is 3. The number of nitrogens with two attached hydrogens (primary N) is 1. The highest BCUT2D eigenvalue weighted by atomic mass is 16.2. The Bertz CT molecular complexity index is 773. The van der Waals surface area contributed by atoms with Gasteiger partial charge in [0.2, 0.25) is 5.91 Å². The summed E-state index contributed by atoms with van der Waals surface area (Å²) in [5.41, 5.74) is 8.63. The monoisotopic (exact) mass is 391 g/mol. The molecule has 2 aromatic carbocycles. The molecule has 4 heteroatoms. The standard InChI is InChI=1S/C25H33N3O/c26-15-22-16-28(17-23(22)19-9-3-1-4-10-19)18-24(29)27-25(21-13-7-8-14-21)20-11-5-2-6-12-20/h1-6,9-12,21-23,25H,7-8,13-18,26H2,(H,27,29)/t22-,23+,25?/m1/s1. The average molecular weight is 392 g/mol. The summed E-state index contributed by atoms with van der Waals surface area (Å²) < 4.78 is 0. The molecule has 0 aromatic heterocycles. The van der Waals surface area contributed by atoms with Crippen LogP contribution in [0.15, 0.2) is 60.7 Å². The molecule has 154 valence electrons. The molecular weight excluding hydrogens is 358 g/mol. The highest BCUT2D eigenvalue weighted by Gasteiger charge is 2.34. The molecule has 4 nitrogen and oxygen atoms in total. The van der Waals surface area contributed by atoms with Crippen LogP contribution in [0.3, 0.4) is 0 Å². The van der Waals surface area contributed by atoms with Crippen molar-refractivity contribution >= 4 is 5.91 Å². The fraction of sp³-hybridized carbons (Fsp3) is 0.480. The summed E-state index contributed by atoms with van der Waals surface area (Å²) in [6.45, 7) is 2.91. The molecular formula is C25H33N3O. The summed E-state index contributed by atoms with van der Waals surface area (Å²) in [7, 11) is 0. The fourth-order valence-electron chi connectivity index (χ4n) is 5.25. The van der Waals surface area contributed by atoms with E-state index >= 15 is 0 Å². The minimum atomic E-state index is 0.129. The number of nitrogens with one attached hydrogen (secondary N) is 1. The van der Waals surface area contributed by atoms with Gasteiger partial charge in [0.05, 0.1) is 12.6 Å². The molecule has 1 saturated carbocycles. The van der Waals surface area contributed by atoms with Crippen molar-refractivity contribution in [2.24, 2.45) is 17.6 Å². The van der Waals surface area contributed by atoms with Gasteiger partial charge < -0.3 is 11.1 Å². The van der Waals surface area contributed by atoms with E-state index in [-0.39, 0.29) is 11.9 Å². The first-order valence-electron chi connectivity index (χ1n) is 11.1. The van der Waals surface area contributed by atoms with E-state index in [4.69, 9.17) is 5.73 Å². The summed E-state index contributed by atoms with van der Waals surface area (Å²) >= 11 is 0. The van der Waals surface area contributed by atoms with E-state index in [1.807, 2.05) is 12.1 Å². The number of hydrogen-bond donors (Lipinski definition) is 2. The van der Waals surface area contributed by atoms with Crippen LogP contribution in [-0.4, -0.2) is 37.0 Å². The zero-order valence-corrected chi connectivity index (χ0v) is 17.2. The SMILES string of the molecule is NC[C@@H]1CN(CC(=O)NC(c2ccccc2)C2CCCC2)C[C@H]1c1ccccc1. The third-order valence-corrected chi connectivity index (χ3v) is 6.76. The minimum absolute atomic E-state index is 0.129. The largest absolute Gasteiger partial charge is 0.348 e. The maximum Gasteiger partial charge on any atom is 0.234 e. The van der Waals surface area contributed by atoms with Crippen LogP contribution in [0.5, 0.6) is 0 Å². The zero-order valence-electron chi connectivity index (χ0n) is 17.2. The fourth-order valence-corrected chi connectivity index (χ4v) is 5.25. The van der Waals surface area contributed by atoms with Crippen molar-refractivity contribution in [3.63, 3.8) is 0 Å². The van der Waals surface area contributed by atoms with Crippen LogP contribution in [0.1, 0.15) is 48.8 Å². The maximum atomic E-state index is 13.0. The molecule has 29 heavy (non-hydrogen) atoms. The van der Waals surface area contributed by atoms with E-state index in [1.54, 1.807) is 0 Å². The second-order valence-corrected chi connectivity index (χ2v) is 8.71. The number of amides is 1. The van der Waals surface area contributed by atoms with Gasteiger partial charge >= 0.3 is 0 Å². The van der Waals surface area contributed by atoms with Gasteiger partial charge in [-0.3, -0.25) is 9.69 Å². The highest BCUT2D eigenvalue weighted by Crippen LogP contribution is 2.36. The Kier molecular flexibility index (Phi) is 6.63. The van der Waals surface area contributed by atoms with Crippen molar-refractivity contribution in [3.8, 4) is 0 Å². The average Bonchev–Trinajstić information content (AvgIpc) is 3.43. The molecule has 1 aliphatic heterocycles. The molecule has 3 N–H and O–H groups in total. The van der Waals surface area contributed by atoms with Crippen LogP contribution >= 0.6 is 0 Å². The summed E-state index contributed by atoms with van der Waals surface area (Å²) in [4.78, 5) is 15.3. The van der Waals surface area contributed by atoms with Gasteiger partial charge in [0.15, 0.2) is 0 Å². The van der Waals surface area contributed by atoms with E-state index in [9.17, 15) is 4.79 Å². The van der Waals surface area contributed by atoms with Crippen LogP contribution in [-0.2, 0) is 4.79 Å². The number of carbonyl (C=O) groups excluding carboxylic acids is 1. The van der Waals surface area contributed by atoms with E-state index < -0.39 is 0 Å². The molecule has 1 unspecified atom stereocenters. The second kappa shape index (κ2) is 9.55. The number of nitrogens with zero attached hydrogens (tertiary/aromatic N) is 1. The summed E-state index contributed by atoms with van der Waals surface area (Å²) in [6, 6.07) is 21.2. The van der Waals surface area contributed by atoms with Crippen molar-refractivity contribution in [2.75, 3.05) is 26.2 Å². The zero-order chi connectivity index (χ0) is 20.1. The smallest absolute Gasteiger partial charge is 0.234 e. The second-order valence-electron chi connectivity index (χ2n) is 8.71. The van der Waals surface area contributed by atoms with Gasteiger partial charge in [0, 0.05) is 19.0 Å². The van der Waals surface area contributed by atoms with Crippen LogP contribution in [0.2, 0.25) is 0 Å². The number of rotatable bonds is 7. The van der Waals surface area contributed by atoms with Gasteiger partial charge in [-0.1, -0.05) is 73.5 Å². The van der Waals surface area contributed by atoms with Crippen LogP contribution in [0.25, 0.3) is 0 Å². The van der Waals surface area contributed by atoms with E-state index in [0.717, 1.165) is 13.1 Å². The van der Waals surface area contributed by atoms with Gasteiger partial charge in [-0.15, -0.1) is 0 Å². The molecule has 1 heterocycles. The lowest BCUT2D eigenvalue weighted by molar-refractivity contribution is -0.123. The topological polar surface area (TPSA) is 58.4 Å². The van der Waals surface area contributed by atoms with Gasteiger partial charge in [0.1, 0.15) is 0 Å². The van der Waals surface area contributed by atoms with Gasteiger partial charge in [-0.2, -0.15) is 0 Å². The molecule has 1 amide bonds. The minimum Gasteiger partial charge on any atom is -0.348 e. The summed E-state index contributed by atoms with van der Waals surface area (Å²) in [5.74, 6) is 1.50. The normalized spacial score (nSPS) is 23.9. The number of carbonyl (C=O) groups is 1. The Labute approximate surface area is 174 Å². The van der Waals surface area contributed by atoms with E-state index in [2.05, 4.69) is 58.7 Å². The van der Waals surface area contributed by atoms with Crippen molar-refractivity contribution < 1.29 is 4.79 Å². The van der Waals surface area contributed by atoms with E-state index in [1.165, 1.54) is 36.8 Å². The molecule has 2 aromatic rings. The molecule has 1 saturated heterocycles. The molecule has 0 radical (unpaired) electrons. The molecule has 4 rings (SSSR count). The molecule has 1 aliphatic carbocycles. The molecule has 0 spiro atoms. The lowest BCUT2D eigenvalue weighted by Gasteiger charge is -2.26. The third-order valence-electron chi connectivity index (χ3n) is 6.76. The first-order valence-corrected chi connectivity index (χ1v) is 11.1. The number of benzene rings is 2. The van der Waals surface area contributed by atoms with Gasteiger partial charge in [-0.05, 0) is 42.3 Å². The molecule has 2 aliphatic rings. The molecule has 2 fully saturated rings. The highest BCUT2D eigenvalue weighted by molar-refractivity contribution is 5.78. The lowest BCUT2D eigenvalue weighted by atomic mass is 9.89. The number of likely N-dealkylation sites (tertiary alicyclic amines) is 1. The predicted molar refractivity (Wildman–Crippen MR) is 117 cm³/mol. The van der Waals surface area contributed by atoms with Crippen molar-refractivity contribution in [1.82, 2.24) is 10.2 Å². The van der Waals surface area contributed by atoms with Crippen LogP contribution in [0.4, 0.5) is 0 Å². The first-order chi connectivity index (χ1) is 14.2. The van der Waals surface area contributed by atoms with Crippen LogP contribution < -0.4 is 11.1 Å². The maximum absolute atomic E-state index is 13.0. The first kappa shape index (κ1) is 20.1. The summed E-state index contributed by atoms with van der Waals surface area (Å²) in [6.07, 6.45) is 4.95. The van der Waals surface area contributed by atoms with Crippen molar-refractivity contribution in [3.05, 3.63) is 71.8 Å².